The smallest absolute Gasteiger partial charge is 0.225 e. The Hall–Kier alpha value is -1.43. The number of carbonyl (C=O) groups excluding carboxylic acids is 1. The van der Waals surface area contributed by atoms with Crippen LogP contribution < -0.4 is 5.32 Å². The van der Waals surface area contributed by atoms with Crippen molar-refractivity contribution in [1.82, 2.24) is 4.90 Å². The summed E-state index contributed by atoms with van der Waals surface area (Å²) in [5, 5.41) is 11.8. The van der Waals surface area contributed by atoms with Crippen molar-refractivity contribution in [3.63, 3.8) is 0 Å². The highest BCUT2D eigenvalue weighted by atomic mass is 16.5. The van der Waals surface area contributed by atoms with Crippen LogP contribution in [0, 0.1) is 0 Å². The number of carbonyl (C=O) groups is 1. The summed E-state index contributed by atoms with van der Waals surface area (Å²) in [6.07, 6.45) is 0.401. The van der Waals surface area contributed by atoms with Gasteiger partial charge in [0.05, 0.1) is 13.2 Å². The van der Waals surface area contributed by atoms with Gasteiger partial charge in [-0.15, -0.1) is 0 Å². The molecule has 1 aromatic carbocycles. The third kappa shape index (κ3) is 6.91. The van der Waals surface area contributed by atoms with Crippen LogP contribution >= 0.6 is 0 Å². The quantitative estimate of drug-likeness (QED) is 0.699. The lowest BCUT2D eigenvalue weighted by molar-refractivity contribution is -0.116. The molecule has 0 saturated heterocycles. The maximum absolute atomic E-state index is 11.8. The van der Waals surface area contributed by atoms with Crippen LogP contribution in [-0.4, -0.2) is 55.9 Å². The molecule has 106 valence electrons. The summed E-state index contributed by atoms with van der Waals surface area (Å²) in [4.78, 5) is 13.8. The van der Waals surface area contributed by atoms with E-state index in [9.17, 15) is 4.79 Å². The SMILES string of the molecule is COCCN(CCO)CCC(=O)Nc1ccccc1. The number of rotatable bonds is 9. The van der Waals surface area contributed by atoms with Gasteiger partial charge in [0, 0.05) is 38.9 Å². The highest BCUT2D eigenvalue weighted by Crippen LogP contribution is 2.05. The van der Waals surface area contributed by atoms with Crippen molar-refractivity contribution in [1.29, 1.82) is 0 Å². The van der Waals surface area contributed by atoms with Gasteiger partial charge in [-0.25, -0.2) is 0 Å². The van der Waals surface area contributed by atoms with E-state index in [-0.39, 0.29) is 12.5 Å². The van der Waals surface area contributed by atoms with E-state index >= 15 is 0 Å². The fourth-order valence-corrected chi connectivity index (χ4v) is 1.70. The fraction of sp³-hybridized carbons (Fsp3) is 0.500. The van der Waals surface area contributed by atoms with Crippen molar-refractivity contribution in [3.8, 4) is 0 Å². The zero-order valence-corrected chi connectivity index (χ0v) is 11.3. The highest BCUT2D eigenvalue weighted by molar-refractivity contribution is 5.90. The molecule has 2 N–H and O–H groups in total. The van der Waals surface area contributed by atoms with Crippen molar-refractivity contribution in [2.75, 3.05) is 45.3 Å². The standard InChI is InChI=1S/C14H22N2O3/c1-19-12-10-16(9-11-17)8-7-14(18)15-13-5-3-2-4-6-13/h2-6,17H,7-12H2,1H3,(H,15,18). The van der Waals surface area contributed by atoms with Crippen LogP contribution in [0.2, 0.25) is 0 Å². The first-order valence-corrected chi connectivity index (χ1v) is 6.43. The zero-order valence-electron chi connectivity index (χ0n) is 11.3. The van der Waals surface area contributed by atoms with Gasteiger partial charge in [-0.2, -0.15) is 0 Å². The topological polar surface area (TPSA) is 61.8 Å². The van der Waals surface area contributed by atoms with Gasteiger partial charge in [0.15, 0.2) is 0 Å². The number of amides is 1. The molecule has 5 heteroatoms. The van der Waals surface area contributed by atoms with Crippen LogP contribution in [0.25, 0.3) is 0 Å². The van der Waals surface area contributed by atoms with Gasteiger partial charge in [-0.3, -0.25) is 9.69 Å². The van der Waals surface area contributed by atoms with Gasteiger partial charge in [-0.1, -0.05) is 18.2 Å². The Balaban J connectivity index is 2.30. The predicted octanol–water partition coefficient (Wildman–Crippen LogP) is 0.956. The monoisotopic (exact) mass is 266 g/mol. The van der Waals surface area contributed by atoms with Gasteiger partial charge < -0.3 is 15.2 Å². The maximum Gasteiger partial charge on any atom is 0.225 e. The van der Waals surface area contributed by atoms with E-state index < -0.39 is 0 Å². The summed E-state index contributed by atoms with van der Waals surface area (Å²) in [5.74, 6) is -0.0217. The third-order valence-corrected chi connectivity index (χ3v) is 2.74. The third-order valence-electron chi connectivity index (χ3n) is 2.74. The molecular weight excluding hydrogens is 244 g/mol. The number of ether oxygens (including phenoxy) is 1. The Bertz CT molecular complexity index is 357. The van der Waals surface area contributed by atoms with E-state index in [1.165, 1.54) is 0 Å². The maximum atomic E-state index is 11.8. The lowest BCUT2D eigenvalue weighted by Crippen LogP contribution is -2.33. The van der Waals surface area contributed by atoms with Gasteiger partial charge in [0.1, 0.15) is 0 Å². The zero-order chi connectivity index (χ0) is 13.9. The van der Waals surface area contributed by atoms with Crippen LogP contribution in [0.3, 0.4) is 0 Å². The molecule has 1 rings (SSSR count). The molecule has 19 heavy (non-hydrogen) atoms. The molecule has 0 unspecified atom stereocenters. The normalized spacial score (nSPS) is 10.7. The minimum atomic E-state index is -0.0217. The molecule has 0 radical (unpaired) electrons. The van der Waals surface area contributed by atoms with E-state index in [2.05, 4.69) is 5.32 Å². The number of hydrogen-bond donors (Lipinski definition) is 2. The average Bonchev–Trinajstić information content (AvgIpc) is 2.43. The molecule has 0 aromatic heterocycles. The number of aliphatic hydroxyl groups excluding tert-OH is 1. The average molecular weight is 266 g/mol. The van der Waals surface area contributed by atoms with Crippen molar-refractivity contribution >= 4 is 11.6 Å². The Kier molecular flexibility index (Phi) is 7.81. The van der Waals surface area contributed by atoms with Gasteiger partial charge in [0.2, 0.25) is 5.91 Å². The summed E-state index contributed by atoms with van der Waals surface area (Å²) < 4.78 is 5.00. The van der Waals surface area contributed by atoms with Crippen LogP contribution in [0.4, 0.5) is 5.69 Å². The number of para-hydroxylation sites is 1. The van der Waals surface area contributed by atoms with Gasteiger partial charge in [0.25, 0.3) is 0 Å². The second kappa shape index (κ2) is 9.49. The van der Waals surface area contributed by atoms with Crippen LogP contribution in [0.1, 0.15) is 6.42 Å². The van der Waals surface area contributed by atoms with Crippen LogP contribution in [0.15, 0.2) is 30.3 Å². The van der Waals surface area contributed by atoms with Gasteiger partial charge in [-0.05, 0) is 12.1 Å². The number of anilines is 1. The van der Waals surface area contributed by atoms with Crippen molar-refractivity contribution in [2.45, 2.75) is 6.42 Å². The fourth-order valence-electron chi connectivity index (χ4n) is 1.70. The number of benzene rings is 1. The first-order chi connectivity index (χ1) is 9.26. The molecule has 0 saturated carbocycles. The van der Waals surface area contributed by atoms with E-state index in [4.69, 9.17) is 9.84 Å². The summed E-state index contributed by atoms with van der Waals surface area (Å²) in [5.41, 5.74) is 0.804. The lowest BCUT2D eigenvalue weighted by Gasteiger charge is -2.20. The second-order valence-corrected chi connectivity index (χ2v) is 4.22. The molecular formula is C14H22N2O3. The summed E-state index contributed by atoms with van der Waals surface area (Å²) in [6, 6.07) is 9.38. The molecule has 0 heterocycles. The van der Waals surface area contributed by atoms with Crippen LogP contribution in [0.5, 0.6) is 0 Å². The first-order valence-electron chi connectivity index (χ1n) is 6.43. The molecule has 0 bridgehead atoms. The van der Waals surface area contributed by atoms with Crippen LogP contribution in [-0.2, 0) is 9.53 Å². The minimum absolute atomic E-state index is 0.0217. The Morgan fingerprint density at radius 2 is 2.00 bits per heavy atom. The largest absolute Gasteiger partial charge is 0.395 e. The molecule has 0 aliphatic heterocycles. The molecule has 0 fully saturated rings. The second-order valence-electron chi connectivity index (χ2n) is 4.22. The Morgan fingerprint density at radius 1 is 1.26 bits per heavy atom. The molecule has 0 aliphatic rings. The molecule has 1 amide bonds. The lowest BCUT2D eigenvalue weighted by atomic mass is 10.3. The van der Waals surface area contributed by atoms with Crippen molar-refractivity contribution < 1.29 is 14.6 Å². The first kappa shape index (κ1) is 15.6. The Morgan fingerprint density at radius 3 is 2.63 bits per heavy atom. The summed E-state index contributed by atoms with van der Waals surface area (Å²) in [6.45, 7) is 2.57. The number of nitrogens with zero attached hydrogens (tertiary/aromatic N) is 1. The number of hydrogen-bond acceptors (Lipinski definition) is 4. The molecule has 0 spiro atoms. The predicted molar refractivity (Wildman–Crippen MR) is 75.1 cm³/mol. The van der Waals surface area contributed by atoms with E-state index in [0.29, 0.717) is 26.1 Å². The highest BCUT2D eigenvalue weighted by Gasteiger charge is 2.08. The molecule has 0 aliphatic carbocycles. The van der Waals surface area contributed by atoms with E-state index in [1.54, 1.807) is 7.11 Å². The Labute approximate surface area is 114 Å². The number of nitrogens with one attached hydrogen (secondary N) is 1. The number of aliphatic hydroxyl groups is 1. The summed E-state index contributed by atoms with van der Waals surface area (Å²) >= 11 is 0. The number of methoxy groups -OCH3 is 1. The summed E-state index contributed by atoms with van der Waals surface area (Å²) in [7, 11) is 1.64. The van der Waals surface area contributed by atoms with Crippen molar-refractivity contribution in [3.05, 3.63) is 30.3 Å². The van der Waals surface area contributed by atoms with E-state index in [1.807, 2.05) is 35.2 Å². The van der Waals surface area contributed by atoms with Gasteiger partial charge >= 0.3 is 0 Å². The minimum Gasteiger partial charge on any atom is -0.395 e. The molecule has 5 nitrogen and oxygen atoms in total. The van der Waals surface area contributed by atoms with Crippen molar-refractivity contribution in [2.24, 2.45) is 0 Å². The molecule has 1 aromatic rings. The molecule has 0 atom stereocenters. The van der Waals surface area contributed by atoms with E-state index in [0.717, 1.165) is 12.2 Å².